The fraction of sp³-hybridized carbons (Fsp3) is 0.571. The number of fused-ring (bicyclic) bond motifs is 1. The Labute approximate surface area is 124 Å². The van der Waals surface area contributed by atoms with E-state index in [0.29, 0.717) is 11.3 Å². The van der Waals surface area contributed by atoms with Gasteiger partial charge >= 0.3 is 0 Å². The molecule has 1 aliphatic heterocycles. The predicted molar refractivity (Wildman–Crippen MR) is 81.6 cm³/mol. The topological polar surface area (TPSA) is 69.2 Å². The Morgan fingerprint density at radius 1 is 1.35 bits per heavy atom. The van der Waals surface area contributed by atoms with Gasteiger partial charge in [0.2, 0.25) is 0 Å². The summed E-state index contributed by atoms with van der Waals surface area (Å²) in [4.78, 5) is 0.435. The van der Waals surface area contributed by atoms with Gasteiger partial charge < -0.3 is 4.55 Å². The highest BCUT2D eigenvalue weighted by Crippen LogP contribution is 2.32. The molecule has 4 nitrogen and oxygen atoms in total. The lowest BCUT2D eigenvalue weighted by Gasteiger charge is -2.27. The van der Waals surface area contributed by atoms with E-state index >= 15 is 0 Å². The lowest BCUT2D eigenvalue weighted by molar-refractivity contribution is 0.530. The van der Waals surface area contributed by atoms with Crippen molar-refractivity contribution in [2.24, 2.45) is 0 Å². The van der Waals surface area contributed by atoms with Crippen LogP contribution in [0.5, 0.6) is 0 Å². The normalized spacial score (nSPS) is 20.4. The number of benzene rings is 1. The number of sulfone groups is 1. The van der Waals surface area contributed by atoms with Crippen LogP contribution in [0.4, 0.5) is 0 Å². The average Bonchev–Trinajstić information content (AvgIpc) is 2.64. The molecule has 0 saturated carbocycles. The first kappa shape index (κ1) is 15.8. The second-order valence-electron chi connectivity index (χ2n) is 6.11. The largest absolute Gasteiger partial charge is 0.598 e. The lowest BCUT2D eigenvalue weighted by Crippen LogP contribution is -2.40. The van der Waals surface area contributed by atoms with Gasteiger partial charge in [-0.15, -0.1) is 4.72 Å². The summed E-state index contributed by atoms with van der Waals surface area (Å²) in [5, 5.41) is 0. The zero-order valence-electron chi connectivity index (χ0n) is 12.3. The van der Waals surface area contributed by atoms with E-state index in [4.69, 9.17) is 0 Å². The summed E-state index contributed by atoms with van der Waals surface area (Å²) in [7, 11) is -3.12. The van der Waals surface area contributed by atoms with Gasteiger partial charge in [-0.25, -0.2) is 8.42 Å². The van der Waals surface area contributed by atoms with Gasteiger partial charge in [0.1, 0.15) is 4.75 Å². The van der Waals surface area contributed by atoms with Gasteiger partial charge in [-0.2, -0.15) is 0 Å². The number of hydrogen-bond donors (Lipinski definition) is 1. The summed E-state index contributed by atoms with van der Waals surface area (Å²) >= 11 is -1.18. The molecular weight excluding hydrogens is 294 g/mol. The van der Waals surface area contributed by atoms with E-state index in [0.717, 1.165) is 11.1 Å². The van der Waals surface area contributed by atoms with Crippen LogP contribution in [0.25, 0.3) is 0 Å². The highest BCUT2D eigenvalue weighted by Gasteiger charge is 2.32. The molecule has 20 heavy (non-hydrogen) atoms. The summed E-state index contributed by atoms with van der Waals surface area (Å²) in [6.45, 7) is 7.64. The van der Waals surface area contributed by atoms with Crippen LogP contribution in [0.15, 0.2) is 23.1 Å². The molecule has 2 atom stereocenters. The molecule has 1 aromatic carbocycles. The molecule has 0 bridgehead atoms. The van der Waals surface area contributed by atoms with Crippen molar-refractivity contribution in [3.05, 3.63) is 29.3 Å². The summed E-state index contributed by atoms with van der Waals surface area (Å²) in [5.41, 5.74) is 1.81. The van der Waals surface area contributed by atoms with E-state index in [-0.39, 0.29) is 16.5 Å². The Morgan fingerprint density at radius 3 is 2.60 bits per heavy atom. The summed E-state index contributed by atoms with van der Waals surface area (Å²) < 4.78 is 38.7. The van der Waals surface area contributed by atoms with Crippen LogP contribution in [0.1, 0.15) is 44.9 Å². The maximum absolute atomic E-state index is 12.2. The predicted octanol–water partition coefficient (Wildman–Crippen LogP) is 2.13. The third-order valence-electron chi connectivity index (χ3n) is 3.43. The molecule has 6 heteroatoms. The van der Waals surface area contributed by atoms with Crippen molar-refractivity contribution in [3.8, 4) is 0 Å². The maximum Gasteiger partial charge on any atom is 0.178 e. The molecule has 1 aliphatic rings. The van der Waals surface area contributed by atoms with Crippen molar-refractivity contribution in [1.29, 1.82) is 0 Å². The molecule has 112 valence electrons. The molecule has 0 aliphatic carbocycles. The Balaban J connectivity index is 2.29. The van der Waals surface area contributed by atoms with E-state index in [1.165, 1.54) is 0 Å². The molecule has 0 aromatic heterocycles. The molecule has 1 unspecified atom stereocenters. The zero-order chi connectivity index (χ0) is 15.1. The van der Waals surface area contributed by atoms with E-state index in [1.807, 2.05) is 33.8 Å². The molecule has 0 spiro atoms. The standard InChI is InChI=1S/C14H21NO3S2/c1-10(15-19(16)14(2,3)4)11-6-5-7-13-12(11)8-9-20(13,17)18/h5-7,10,15H,8-9H2,1-4H3/t10-,19?/m1/s1. The van der Waals surface area contributed by atoms with Crippen LogP contribution in [0.2, 0.25) is 0 Å². The number of rotatable bonds is 3. The number of nitrogens with one attached hydrogen (secondary N) is 1. The zero-order valence-corrected chi connectivity index (χ0v) is 13.9. The summed E-state index contributed by atoms with van der Waals surface area (Å²) in [6.07, 6.45) is 0.544. The van der Waals surface area contributed by atoms with Crippen molar-refractivity contribution in [1.82, 2.24) is 4.72 Å². The Morgan fingerprint density at radius 2 is 2.00 bits per heavy atom. The minimum absolute atomic E-state index is 0.140. The smallest absolute Gasteiger partial charge is 0.178 e. The van der Waals surface area contributed by atoms with E-state index in [9.17, 15) is 13.0 Å². The van der Waals surface area contributed by atoms with Gasteiger partial charge in [0.05, 0.1) is 16.7 Å². The van der Waals surface area contributed by atoms with Gasteiger partial charge in [-0.1, -0.05) is 12.1 Å². The fourth-order valence-corrected chi connectivity index (χ4v) is 4.67. The minimum atomic E-state index is -3.12. The first-order chi connectivity index (χ1) is 9.13. The first-order valence-electron chi connectivity index (χ1n) is 6.65. The van der Waals surface area contributed by atoms with Gasteiger partial charge in [0.25, 0.3) is 0 Å². The van der Waals surface area contributed by atoms with E-state index in [2.05, 4.69) is 4.72 Å². The van der Waals surface area contributed by atoms with E-state index in [1.54, 1.807) is 12.1 Å². The molecule has 1 N–H and O–H groups in total. The monoisotopic (exact) mass is 315 g/mol. The third-order valence-corrected chi connectivity index (χ3v) is 6.91. The molecule has 0 amide bonds. The molecule has 0 fully saturated rings. The highest BCUT2D eigenvalue weighted by molar-refractivity contribution is 7.91. The average molecular weight is 315 g/mol. The summed E-state index contributed by atoms with van der Waals surface area (Å²) in [6, 6.07) is 5.19. The van der Waals surface area contributed by atoms with Crippen molar-refractivity contribution in [2.45, 2.75) is 49.8 Å². The molecule has 0 saturated heterocycles. The van der Waals surface area contributed by atoms with Gasteiger partial charge in [0, 0.05) is 11.4 Å². The second kappa shape index (κ2) is 5.33. The molecule has 1 heterocycles. The van der Waals surface area contributed by atoms with Crippen molar-refractivity contribution in [3.63, 3.8) is 0 Å². The SMILES string of the molecule is C[C@@H](N[S+]([O-])C(C)(C)C)c1cccc2c1CCS2(=O)=O. The van der Waals surface area contributed by atoms with Crippen LogP contribution in [-0.2, 0) is 27.6 Å². The molecular formula is C14H21NO3S2. The van der Waals surface area contributed by atoms with Crippen LogP contribution < -0.4 is 4.72 Å². The van der Waals surface area contributed by atoms with Crippen molar-refractivity contribution in [2.75, 3.05) is 5.75 Å². The Bertz CT molecular complexity index is 605. The highest BCUT2D eigenvalue weighted by atomic mass is 32.2. The lowest BCUT2D eigenvalue weighted by atomic mass is 10.0. The van der Waals surface area contributed by atoms with Crippen LogP contribution in [-0.4, -0.2) is 23.5 Å². The van der Waals surface area contributed by atoms with Crippen molar-refractivity contribution < 1.29 is 13.0 Å². The fourth-order valence-electron chi connectivity index (χ4n) is 2.29. The molecule has 1 aromatic rings. The second-order valence-corrected chi connectivity index (χ2v) is 10.2. The van der Waals surface area contributed by atoms with Crippen LogP contribution >= 0.6 is 0 Å². The van der Waals surface area contributed by atoms with E-state index < -0.39 is 21.2 Å². The first-order valence-corrected chi connectivity index (χ1v) is 9.46. The molecule has 2 rings (SSSR count). The van der Waals surface area contributed by atoms with Gasteiger partial charge in [0.15, 0.2) is 9.84 Å². The third kappa shape index (κ3) is 3.03. The van der Waals surface area contributed by atoms with Crippen LogP contribution in [0.3, 0.4) is 0 Å². The number of hydrogen-bond acceptors (Lipinski definition) is 4. The molecule has 0 radical (unpaired) electrons. The Hall–Kier alpha value is -0.560. The maximum atomic E-state index is 12.2. The Kier molecular flexibility index (Phi) is 4.22. The van der Waals surface area contributed by atoms with Gasteiger partial charge in [-0.05, 0) is 51.3 Å². The van der Waals surface area contributed by atoms with Gasteiger partial charge in [-0.3, -0.25) is 0 Å². The minimum Gasteiger partial charge on any atom is -0.598 e. The van der Waals surface area contributed by atoms with Crippen LogP contribution in [0, 0.1) is 0 Å². The van der Waals surface area contributed by atoms with Crippen molar-refractivity contribution >= 4 is 21.2 Å². The summed E-state index contributed by atoms with van der Waals surface area (Å²) in [5.74, 6) is 0.175. The quantitative estimate of drug-likeness (QED) is 0.868.